The van der Waals surface area contributed by atoms with E-state index in [0.717, 1.165) is 17.2 Å². The standard InChI is InChI=1S/C30H31F3N4O3/c1-18(2)24-13-22(34)14-26-27(24)40-29(36-26)20-9-7-19(8-10-20)28(38)35-15-23-17-37(11-12-39-23)16-21-5-3-4-6-25(21)30(31,32)33/h3-10,13-14,18,23H,11-12,15-17,34H2,1-2H3,(H,35,38). The third-order valence-corrected chi connectivity index (χ3v) is 6.99. The molecule has 3 N–H and O–H groups in total. The maximum absolute atomic E-state index is 13.4. The quantitative estimate of drug-likeness (QED) is 0.280. The molecule has 0 aliphatic carbocycles. The first kappa shape index (κ1) is 27.7. The number of benzene rings is 3. The maximum Gasteiger partial charge on any atom is 0.416 e. The first-order chi connectivity index (χ1) is 19.1. The highest BCUT2D eigenvalue weighted by Crippen LogP contribution is 2.33. The number of carbonyl (C=O) groups excluding carboxylic acids is 1. The molecule has 0 saturated carbocycles. The van der Waals surface area contributed by atoms with E-state index in [1.54, 1.807) is 36.4 Å². The van der Waals surface area contributed by atoms with Crippen LogP contribution in [0.1, 0.15) is 46.8 Å². The van der Waals surface area contributed by atoms with Gasteiger partial charge < -0.3 is 20.2 Å². The number of halogens is 3. The van der Waals surface area contributed by atoms with Crippen LogP contribution in [-0.4, -0.2) is 48.1 Å². The molecule has 1 atom stereocenters. The zero-order valence-corrected chi connectivity index (χ0v) is 22.3. The van der Waals surface area contributed by atoms with Gasteiger partial charge in [0.25, 0.3) is 5.91 Å². The van der Waals surface area contributed by atoms with Crippen LogP contribution in [0.4, 0.5) is 18.9 Å². The number of carbonyl (C=O) groups is 1. The summed E-state index contributed by atoms with van der Waals surface area (Å²) < 4.78 is 51.9. The van der Waals surface area contributed by atoms with E-state index in [2.05, 4.69) is 24.1 Å². The number of nitrogen functional groups attached to an aromatic ring is 1. The minimum Gasteiger partial charge on any atom is -0.436 e. The van der Waals surface area contributed by atoms with Gasteiger partial charge in [-0.2, -0.15) is 13.2 Å². The highest BCUT2D eigenvalue weighted by Gasteiger charge is 2.33. The summed E-state index contributed by atoms with van der Waals surface area (Å²) in [6, 6.07) is 16.2. The molecule has 1 aliphatic heterocycles. The largest absolute Gasteiger partial charge is 0.436 e. The van der Waals surface area contributed by atoms with Gasteiger partial charge in [0.1, 0.15) is 5.52 Å². The topological polar surface area (TPSA) is 93.6 Å². The van der Waals surface area contributed by atoms with E-state index < -0.39 is 11.7 Å². The number of hydrogen-bond donors (Lipinski definition) is 2. The number of nitrogens with two attached hydrogens (primary N) is 1. The molecule has 3 aromatic carbocycles. The van der Waals surface area contributed by atoms with Gasteiger partial charge in [-0.05, 0) is 53.9 Å². The van der Waals surface area contributed by atoms with E-state index in [1.165, 1.54) is 12.1 Å². The van der Waals surface area contributed by atoms with Gasteiger partial charge in [0, 0.05) is 48.6 Å². The van der Waals surface area contributed by atoms with Gasteiger partial charge in [-0.25, -0.2) is 4.98 Å². The minimum atomic E-state index is -4.41. The van der Waals surface area contributed by atoms with E-state index in [0.29, 0.717) is 47.9 Å². The Bertz CT molecular complexity index is 1500. The number of nitrogens with zero attached hydrogens (tertiary/aromatic N) is 2. The molecule has 1 fully saturated rings. The average Bonchev–Trinajstić information content (AvgIpc) is 3.35. The number of ether oxygens (including phenoxy) is 1. The molecule has 2 heterocycles. The summed E-state index contributed by atoms with van der Waals surface area (Å²) in [5.74, 6) is 0.383. The average molecular weight is 553 g/mol. The van der Waals surface area contributed by atoms with Gasteiger partial charge in [0.2, 0.25) is 5.89 Å². The predicted molar refractivity (Wildman–Crippen MR) is 147 cm³/mol. The van der Waals surface area contributed by atoms with Crippen molar-refractivity contribution >= 4 is 22.7 Å². The fourth-order valence-electron chi connectivity index (χ4n) is 4.93. The van der Waals surface area contributed by atoms with Crippen LogP contribution in [0.15, 0.2) is 65.1 Å². The Hall–Kier alpha value is -3.89. The summed E-state index contributed by atoms with van der Waals surface area (Å²) in [4.78, 5) is 19.3. The summed E-state index contributed by atoms with van der Waals surface area (Å²) in [7, 11) is 0. The fourth-order valence-corrected chi connectivity index (χ4v) is 4.93. The highest BCUT2D eigenvalue weighted by molar-refractivity contribution is 5.94. The number of morpholine rings is 1. The van der Waals surface area contributed by atoms with Crippen LogP contribution in [0.2, 0.25) is 0 Å². The van der Waals surface area contributed by atoms with Gasteiger partial charge in [-0.15, -0.1) is 0 Å². The second-order valence-electron chi connectivity index (χ2n) is 10.3. The van der Waals surface area contributed by atoms with Crippen molar-refractivity contribution in [1.29, 1.82) is 0 Å². The first-order valence-electron chi connectivity index (χ1n) is 13.2. The molecule has 40 heavy (non-hydrogen) atoms. The lowest BCUT2D eigenvalue weighted by Gasteiger charge is -2.33. The maximum atomic E-state index is 13.4. The number of anilines is 1. The van der Waals surface area contributed by atoms with Crippen molar-refractivity contribution in [3.63, 3.8) is 0 Å². The fraction of sp³-hybridized carbons (Fsp3) is 0.333. The lowest BCUT2D eigenvalue weighted by atomic mass is 10.0. The van der Waals surface area contributed by atoms with Gasteiger partial charge in [0.05, 0.1) is 18.3 Å². The van der Waals surface area contributed by atoms with Gasteiger partial charge in [-0.1, -0.05) is 32.0 Å². The van der Waals surface area contributed by atoms with Crippen molar-refractivity contribution in [3.8, 4) is 11.5 Å². The molecule has 1 unspecified atom stereocenters. The summed E-state index contributed by atoms with van der Waals surface area (Å²) in [6.45, 7) is 5.82. The molecule has 0 spiro atoms. The number of fused-ring (bicyclic) bond motifs is 1. The molecular weight excluding hydrogens is 521 g/mol. The number of aromatic nitrogens is 1. The van der Waals surface area contributed by atoms with Crippen molar-refractivity contribution < 1.29 is 27.1 Å². The molecule has 1 saturated heterocycles. The number of amides is 1. The van der Waals surface area contributed by atoms with Crippen molar-refractivity contribution in [2.24, 2.45) is 0 Å². The molecule has 1 aliphatic rings. The third kappa shape index (κ3) is 6.13. The molecule has 210 valence electrons. The van der Waals surface area contributed by atoms with E-state index in [1.807, 2.05) is 11.0 Å². The number of rotatable bonds is 7. The van der Waals surface area contributed by atoms with Crippen molar-refractivity contribution in [2.75, 3.05) is 32.0 Å². The molecule has 7 nitrogen and oxygen atoms in total. The summed E-state index contributed by atoms with van der Waals surface area (Å²) in [6.07, 6.45) is -4.74. The SMILES string of the molecule is CC(C)c1cc(N)cc2nc(-c3ccc(C(=O)NCC4CN(Cc5ccccc5C(F)(F)F)CCO4)cc3)oc12. The zero-order valence-electron chi connectivity index (χ0n) is 22.3. The zero-order chi connectivity index (χ0) is 28.4. The van der Waals surface area contributed by atoms with Gasteiger partial charge in [-0.3, -0.25) is 9.69 Å². The Morgan fingerprint density at radius 2 is 1.90 bits per heavy atom. The Labute approximate surface area is 230 Å². The van der Waals surface area contributed by atoms with Gasteiger partial charge >= 0.3 is 6.18 Å². The monoisotopic (exact) mass is 552 g/mol. The Morgan fingerprint density at radius 1 is 1.15 bits per heavy atom. The Morgan fingerprint density at radius 3 is 2.62 bits per heavy atom. The smallest absolute Gasteiger partial charge is 0.416 e. The molecule has 0 radical (unpaired) electrons. The number of nitrogens with one attached hydrogen (secondary N) is 1. The van der Waals surface area contributed by atoms with E-state index in [9.17, 15) is 18.0 Å². The second-order valence-corrected chi connectivity index (χ2v) is 10.3. The van der Waals surface area contributed by atoms with Crippen LogP contribution in [0, 0.1) is 0 Å². The van der Waals surface area contributed by atoms with Crippen molar-refractivity contribution in [1.82, 2.24) is 15.2 Å². The van der Waals surface area contributed by atoms with Crippen molar-refractivity contribution in [3.05, 3.63) is 82.9 Å². The van der Waals surface area contributed by atoms with Crippen LogP contribution in [0.25, 0.3) is 22.6 Å². The number of alkyl halides is 3. The minimum absolute atomic E-state index is 0.159. The van der Waals surface area contributed by atoms with E-state index in [4.69, 9.17) is 14.9 Å². The highest BCUT2D eigenvalue weighted by atomic mass is 19.4. The van der Waals surface area contributed by atoms with E-state index >= 15 is 0 Å². The first-order valence-corrected chi connectivity index (χ1v) is 13.2. The molecule has 0 bridgehead atoms. The number of hydrogen-bond acceptors (Lipinski definition) is 6. The molecule has 1 aromatic heterocycles. The lowest BCUT2D eigenvalue weighted by Crippen LogP contribution is -2.47. The predicted octanol–water partition coefficient (Wildman–Crippen LogP) is 5.85. The Kier molecular flexibility index (Phi) is 7.82. The third-order valence-electron chi connectivity index (χ3n) is 6.99. The summed E-state index contributed by atoms with van der Waals surface area (Å²) in [5.41, 5.74) is 9.80. The summed E-state index contributed by atoms with van der Waals surface area (Å²) >= 11 is 0. The number of oxazole rings is 1. The lowest BCUT2D eigenvalue weighted by molar-refractivity contribution is -0.138. The van der Waals surface area contributed by atoms with Crippen LogP contribution in [0.5, 0.6) is 0 Å². The Balaban J connectivity index is 1.20. The molecule has 4 aromatic rings. The van der Waals surface area contributed by atoms with Crippen molar-refractivity contribution in [2.45, 2.75) is 38.6 Å². The van der Waals surface area contributed by atoms with Crippen LogP contribution in [0.3, 0.4) is 0 Å². The van der Waals surface area contributed by atoms with E-state index in [-0.39, 0.29) is 36.6 Å². The second kappa shape index (κ2) is 11.3. The van der Waals surface area contributed by atoms with Crippen LogP contribution < -0.4 is 11.1 Å². The van der Waals surface area contributed by atoms with Crippen LogP contribution >= 0.6 is 0 Å². The van der Waals surface area contributed by atoms with Gasteiger partial charge in [0.15, 0.2) is 5.58 Å². The molecule has 10 heteroatoms. The summed E-state index contributed by atoms with van der Waals surface area (Å²) in [5, 5.41) is 2.87. The molecule has 1 amide bonds. The molecular formula is C30H31F3N4O3. The molecule has 5 rings (SSSR count). The van der Waals surface area contributed by atoms with Crippen LogP contribution in [-0.2, 0) is 17.5 Å². The normalized spacial score (nSPS) is 16.5.